The number of rotatable bonds is 0. The molecule has 0 aromatic heterocycles. The van der Waals surface area contributed by atoms with Gasteiger partial charge in [-0.2, -0.15) is 0 Å². The minimum atomic E-state index is 0. The Morgan fingerprint density at radius 1 is 1.75 bits per heavy atom. The summed E-state index contributed by atoms with van der Waals surface area (Å²) in [4.78, 5) is 0. The van der Waals surface area contributed by atoms with Gasteiger partial charge in [-0.15, -0.1) is 11.6 Å². The summed E-state index contributed by atoms with van der Waals surface area (Å²) in [5.41, 5.74) is 0. The van der Waals surface area contributed by atoms with Crippen molar-refractivity contribution in [3.05, 3.63) is 0 Å². The smallest absolute Gasteiger partial charge is 0.0195 e. The summed E-state index contributed by atoms with van der Waals surface area (Å²) in [6.45, 7) is 1.89. The normalized spacial score (nSPS) is 4.50. The van der Waals surface area contributed by atoms with Crippen LogP contribution in [0.15, 0.2) is 0 Å². The molecule has 0 atom stereocenters. The summed E-state index contributed by atoms with van der Waals surface area (Å²) < 4.78 is 0. The van der Waals surface area contributed by atoms with E-state index in [2.05, 4.69) is 0 Å². The quantitative estimate of drug-likeness (QED) is 0.375. The van der Waals surface area contributed by atoms with Gasteiger partial charge in [0.2, 0.25) is 0 Å². The first-order valence-corrected chi connectivity index (χ1v) is 1.51. The van der Waals surface area contributed by atoms with Crippen LogP contribution in [0.1, 0.15) is 6.92 Å². The van der Waals surface area contributed by atoms with Gasteiger partial charge in [-0.05, 0) is 0 Å². The topological polar surface area (TPSA) is 0 Å². The van der Waals surface area contributed by atoms with Crippen molar-refractivity contribution >= 4 is 11.6 Å². The SMILES string of the molecule is CCCl.[He]. The van der Waals surface area contributed by atoms with E-state index in [4.69, 9.17) is 11.6 Å². The maximum atomic E-state index is 5.00. The Morgan fingerprint density at radius 2 is 1.75 bits per heavy atom. The van der Waals surface area contributed by atoms with E-state index in [1.807, 2.05) is 6.92 Å². The molecule has 22 valence electrons. The minimum Gasteiger partial charge on any atom is -0.127 e. The fourth-order valence-electron chi connectivity index (χ4n) is 0. The van der Waals surface area contributed by atoms with Crippen molar-refractivity contribution in [2.45, 2.75) is 6.92 Å². The van der Waals surface area contributed by atoms with E-state index in [9.17, 15) is 0 Å². The maximum Gasteiger partial charge on any atom is 0.0195 e. The van der Waals surface area contributed by atoms with Crippen molar-refractivity contribution in [1.29, 1.82) is 0 Å². The largest absolute Gasteiger partial charge is 0.127 e. The molecule has 0 bridgehead atoms. The summed E-state index contributed by atoms with van der Waals surface area (Å²) in [7, 11) is 0. The molecule has 4 heavy (non-hydrogen) atoms. The molecule has 0 saturated heterocycles. The predicted molar refractivity (Wildman–Crippen MR) is 16.4 cm³/mol. The second-order valence-electron chi connectivity index (χ2n) is 0.267. The van der Waals surface area contributed by atoms with Crippen molar-refractivity contribution in [2.75, 3.05) is 5.88 Å². The molecule has 0 N–H and O–H groups in total. The number of halogens is 1. The maximum absolute atomic E-state index is 5.00. The van der Waals surface area contributed by atoms with E-state index in [1.54, 1.807) is 0 Å². The van der Waals surface area contributed by atoms with Gasteiger partial charge in [0.1, 0.15) is 0 Å². The van der Waals surface area contributed by atoms with Gasteiger partial charge < -0.3 is 0 Å². The third-order valence-electron chi connectivity index (χ3n) is 0. The van der Waals surface area contributed by atoms with Crippen molar-refractivity contribution in [1.82, 2.24) is 0 Å². The van der Waals surface area contributed by atoms with Crippen LogP contribution in [0, 0.1) is 6.15 Å². The molecule has 0 saturated carbocycles. The van der Waals surface area contributed by atoms with E-state index in [0.717, 1.165) is 5.88 Å². The van der Waals surface area contributed by atoms with Gasteiger partial charge in [-0.3, -0.25) is 0 Å². The molecule has 0 aliphatic heterocycles. The second-order valence-corrected chi connectivity index (χ2v) is 0.802. The Labute approximate surface area is 31.5 Å². The zero-order chi connectivity index (χ0) is 2.71. The molecule has 0 amide bonds. The Balaban J connectivity index is 0. The first-order chi connectivity index (χ1) is 1.41. The molecule has 0 heterocycles. The van der Waals surface area contributed by atoms with Gasteiger partial charge in [0.05, 0.1) is 0 Å². The third kappa shape index (κ3) is 79.8. The van der Waals surface area contributed by atoms with Crippen LogP contribution >= 0.6 is 11.6 Å². The summed E-state index contributed by atoms with van der Waals surface area (Å²) in [6.07, 6.45) is 0. The van der Waals surface area contributed by atoms with E-state index < -0.39 is 0 Å². The first-order valence-electron chi connectivity index (χ1n) is 0.974. The van der Waals surface area contributed by atoms with Crippen molar-refractivity contribution in [3.8, 4) is 0 Å². The first kappa shape index (κ1) is 8.89. The molecular weight excluding hydrogens is 63.5 g/mol. The zero-order valence-corrected chi connectivity index (χ0v) is 3.55. The van der Waals surface area contributed by atoms with Crippen molar-refractivity contribution in [2.24, 2.45) is 0 Å². The third-order valence-corrected chi connectivity index (χ3v) is 0. The summed E-state index contributed by atoms with van der Waals surface area (Å²) in [5, 5.41) is 0. The van der Waals surface area contributed by atoms with E-state index >= 15 is 0 Å². The Kier molecular flexibility index (Phi) is 23.9. The van der Waals surface area contributed by atoms with Crippen LogP contribution in [0.25, 0.3) is 0 Å². The van der Waals surface area contributed by atoms with Gasteiger partial charge in [-0.1, -0.05) is 6.92 Å². The van der Waals surface area contributed by atoms with Crippen LogP contribution in [0.5, 0.6) is 0 Å². The van der Waals surface area contributed by atoms with Gasteiger partial charge in [0, 0.05) is 12.0 Å². The van der Waals surface area contributed by atoms with Gasteiger partial charge in [0.25, 0.3) is 0 Å². The molecule has 0 aromatic rings. The fraction of sp³-hybridized carbons (Fsp3) is 1.00. The standard InChI is InChI=1S/C2H5Cl.He/c1-2-3;/h2H2,1H3;. The monoisotopic (exact) mass is 68.0 g/mol. The van der Waals surface area contributed by atoms with Gasteiger partial charge in [0.15, 0.2) is 0 Å². The van der Waals surface area contributed by atoms with Crippen molar-refractivity contribution in [3.63, 3.8) is 0 Å². The zero-order valence-electron chi connectivity index (χ0n) is 2.79. The Bertz CT molecular complexity index is 6.00. The molecule has 0 aliphatic carbocycles. The summed E-state index contributed by atoms with van der Waals surface area (Å²) >= 11 is 5.00. The predicted octanol–water partition coefficient (Wildman–Crippen LogP) is 1.25. The molecule has 0 rings (SSSR count). The summed E-state index contributed by atoms with van der Waals surface area (Å²) in [5.74, 6) is 0.722. The van der Waals surface area contributed by atoms with Crippen molar-refractivity contribution < 1.29 is 6.15 Å². The van der Waals surface area contributed by atoms with Crippen LogP contribution in [0.3, 0.4) is 0 Å². The molecule has 0 fully saturated rings. The Hall–Kier alpha value is 0.199. The summed E-state index contributed by atoms with van der Waals surface area (Å²) in [6, 6.07) is 0. The average molecular weight is 68.5 g/mol. The minimum absolute atomic E-state index is 0. The molecule has 2 heteroatoms. The van der Waals surface area contributed by atoms with Crippen LogP contribution in [-0.2, 0) is 0 Å². The number of hydrogen-bond donors (Lipinski definition) is 0. The Morgan fingerprint density at radius 3 is 1.75 bits per heavy atom. The molecular formula is C2H5ClHe. The van der Waals surface area contributed by atoms with Gasteiger partial charge in [-0.25, -0.2) is 0 Å². The molecule has 0 aliphatic rings. The molecule has 0 unspecified atom stereocenters. The molecule has 0 nitrogen and oxygen atoms in total. The van der Waals surface area contributed by atoms with Crippen LogP contribution in [0.2, 0.25) is 0 Å². The van der Waals surface area contributed by atoms with Crippen LogP contribution < -0.4 is 0 Å². The average Bonchev–Trinajstić information content (AvgIpc) is 0.918. The molecule has 0 aromatic carbocycles. The second kappa shape index (κ2) is 10.8. The van der Waals surface area contributed by atoms with E-state index in [0.29, 0.717) is 0 Å². The van der Waals surface area contributed by atoms with Gasteiger partial charge >= 0.3 is 0 Å². The van der Waals surface area contributed by atoms with Crippen LogP contribution in [-0.4, -0.2) is 5.88 Å². The van der Waals surface area contributed by atoms with E-state index in [-0.39, 0.29) is 6.15 Å². The number of hydrogen-bond acceptors (Lipinski definition) is 0. The molecule has 0 spiro atoms. The van der Waals surface area contributed by atoms with Crippen LogP contribution in [0.4, 0.5) is 0 Å². The fourth-order valence-corrected chi connectivity index (χ4v) is 0. The number of alkyl halides is 1. The molecule has 0 radical (unpaired) electrons. The van der Waals surface area contributed by atoms with E-state index in [1.165, 1.54) is 0 Å².